The summed E-state index contributed by atoms with van der Waals surface area (Å²) in [4.78, 5) is 34.0. The summed E-state index contributed by atoms with van der Waals surface area (Å²) < 4.78 is 6.74. The predicted octanol–water partition coefficient (Wildman–Crippen LogP) is 3.81. The summed E-state index contributed by atoms with van der Waals surface area (Å²) in [6.45, 7) is 7.54. The standard InChI is InChI=1S/C21H23ClN4O3/c1-13-10-14(12-23-11-13)26-17(8-9-24-20(28)29-21(2,3)4)25-16-7-5-6-15(22)18(16)19(26)27/h5-7,10-12H,8-9H2,1-4H3,(H,24,28). The van der Waals surface area contributed by atoms with Gasteiger partial charge in [-0.3, -0.25) is 14.3 Å². The van der Waals surface area contributed by atoms with E-state index in [0.717, 1.165) is 5.56 Å². The number of nitrogens with zero attached hydrogens (tertiary/aromatic N) is 3. The Morgan fingerprint density at radius 3 is 2.72 bits per heavy atom. The zero-order chi connectivity index (χ0) is 21.2. The second-order valence-corrected chi connectivity index (χ2v) is 8.11. The first kappa shape index (κ1) is 20.8. The van der Waals surface area contributed by atoms with E-state index in [1.165, 1.54) is 4.57 Å². The first-order valence-electron chi connectivity index (χ1n) is 9.25. The normalized spacial score (nSPS) is 11.5. The van der Waals surface area contributed by atoms with E-state index in [1.807, 2.05) is 13.0 Å². The predicted molar refractivity (Wildman–Crippen MR) is 113 cm³/mol. The number of hydrogen-bond acceptors (Lipinski definition) is 5. The van der Waals surface area contributed by atoms with Gasteiger partial charge in [0, 0.05) is 19.2 Å². The number of hydrogen-bond donors (Lipinski definition) is 1. The Morgan fingerprint density at radius 2 is 2.03 bits per heavy atom. The smallest absolute Gasteiger partial charge is 0.407 e. The van der Waals surface area contributed by atoms with Crippen molar-refractivity contribution < 1.29 is 9.53 Å². The van der Waals surface area contributed by atoms with Crippen LogP contribution in [0.3, 0.4) is 0 Å². The molecule has 152 valence electrons. The molecular formula is C21H23ClN4O3. The number of benzene rings is 1. The lowest BCUT2D eigenvalue weighted by Gasteiger charge is -2.20. The summed E-state index contributed by atoms with van der Waals surface area (Å²) in [6, 6.07) is 7.00. The average Bonchev–Trinajstić information content (AvgIpc) is 2.60. The number of carbonyl (C=O) groups is 1. The third kappa shape index (κ3) is 4.92. The molecule has 0 aliphatic carbocycles. The van der Waals surface area contributed by atoms with Crippen molar-refractivity contribution in [3.8, 4) is 5.69 Å². The van der Waals surface area contributed by atoms with Gasteiger partial charge in [0.1, 0.15) is 11.4 Å². The zero-order valence-electron chi connectivity index (χ0n) is 16.8. The molecule has 7 nitrogen and oxygen atoms in total. The molecule has 0 aliphatic rings. The van der Waals surface area contributed by atoms with Crippen LogP contribution in [0, 0.1) is 6.92 Å². The van der Waals surface area contributed by atoms with Gasteiger partial charge >= 0.3 is 6.09 Å². The Labute approximate surface area is 173 Å². The van der Waals surface area contributed by atoms with Gasteiger partial charge in [0.25, 0.3) is 5.56 Å². The second-order valence-electron chi connectivity index (χ2n) is 7.70. The van der Waals surface area contributed by atoms with Gasteiger partial charge in [0.05, 0.1) is 27.8 Å². The first-order chi connectivity index (χ1) is 13.7. The second kappa shape index (κ2) is 8.21. The van der Waals surface area contributed by atoms with E-state index in [2.05, 4.69) is 15.3 Å². The summed E-state index contributed by atoms with van der Waals surface area (Å²) >= 11 is 6.27. The Bertz CT molecular complexity index is 1120. The highest BCUT2D eigenvalue weighted by Crippen LogP contribution is 2.20. The largest absolute Gasteiger partial charge is 0.444 e. The van der Waals surface area contributed by atoms with Crippen molar-refractivity contribution >= 4 is 28.6 Å². The molecule has 1 amide bonds. The fourth-order valence-electron chi connectivity index (χ4n) is 2.92. The van der Waals surface area contributed by atoms with E-state index in [1.54, 1.807) is 51.4 Å². The summed E-state index contributed by atoms with van der Waals surface area (Å²) in [7, 11) is 0. The van der Waals surface area contributed by atoms with Crippen LogP contribution in [-0.2, 0) is 11.2 Å². The van der Waals surface area contributed by atoms with Gasteiger partial charge in [-0.2, -0.15) is 0 Å². The van der Waals surface area contributed by atoms with Crippen LogP contribution in [0.4, 0.5) is 4.79 Å². The molecule has 3 rings (SSSR count). The van der Waals surface area contributed by atoms with Gasteiger partial charge in [-0.25, -0.2) is 9.78 Å². The highest BCUT2D eigenvalue weighted by molar-refractivity contribution is 6.35. The van der Waals surface area contributed by atoms with E-state index in [0.29, 0.717) is 33.9 Å². The van der Waals surface area contributed by atoms with Gasteiger partial charge in [-0.1, -0.05) is 17.7 Å². The zero-order valence-corrected chi connectivity index (χ0v) is 17.6. The molecule has 0 saturated heterocycles. The number of nitrogens with one attached hydrogen (secondary N) is 1. The molecule has 0 spiro atoms. The number of ether oxygens (including phenoxy) is 1. The highest BCUT2D eigenvalue weighted by atomic mass is 35.5. The maximum absolute atomic E-state index is 13.3. The van der Waals surface area contributed by atoms with Crippen LogP contribution in [0.25, 0.3) is 16.6 Å². The third-order valence-corrected chi connectivity index (χ3v) is 4.37. The number of aryl methyl sites for hydroxylation is 1. The van der Waals surface area contributed by atoms with Gasteiger partial charge < -0.3 is 10.1 Å². The Balaban J connectivity index is 2.00. The number of pyridine rings is 1. The van der Waals surface area contributed by atoms with Crippen molar-refractivity contribution in [1.29, 1.82) is 0 Å². The van der Waals surface area contributed by atoms with Crippen LogP contribution in [0.2, 0.25) is 5.02 Å². The minimum absolute atomic E-state index is 0.257. The van der Waals surface area contributed by atoms with Gasteiger partial charge in [0.15, 0.2) is 0 Å². The average molecular weight is 415 g/mol. The number of aromatic nitrogens is 3. The molecule has 2 aromatic heterocycles. The van der Waals surface area contributed by atoms with Crippen molar-refractivity contribution in [2.24, 2.45) is 0 Å². The molecule has 1 aromatic carbocycles. The summed E-state index contributed by atoms with van der Waals surface area (Å²) in [5, 5.41) is 3.39. The molecule has 0 saturated carbocycles. The number of fused-ring (bicyclic) bond motifs is 1. The molecule has 29 heavy (non-hydrogen) atoms. The molecule has 2 heterocycles. The first-order valence-corrected chi connectivity index (χ1v) is 9.62. The fraction of sp³-hybridized carbons (Fsp3) is 0.333. The molecular weight excluding hydrogens is 392 g/mol. The Hall–Kier alpha value is -2.93. The molecule has 0 bridgehead atoms. The number of alkyl carbamates (subject to hydrolysis) is 1. The number of amides is 1. The quantitative estimate of drug-likeness (QED) is 0.701. The maximum atomic E-state index is 13.3. The molecule has 0 fully saturated rings. The van der Waals surface area contributed by atoms with Crippen molar-refractivity contribution in [2.45, 2.75) is 39.7 Å². The fourth-order valence-corrected chi connectivity index (χ4v) is 3.17. The van der Waals surface area contributed by atoms with E-state index < -0.39 is 11.7 Å². The third-order valence-electron chi connectivity index (χ3n) is 4.05. The van der Waals surface area contributed by atoms with Crippen LogP contribution in [0.5, 0.6) is 0 Å². The van der Waals surface area contributed by atoms with E-state index in [9.17, 15) is 9.59 Å². The topological polar surface area (TPSA) is 86.1 Å². The van der Waals surface area contributed by atoms with Crippen LogP contribution in [0.1, 0.15) is 32.2 Å². The summed E-state index contributed by atoms with van der Waals surface area (Å²) in [5.74, 6) is 0.494. The highest BCUT2D eigenvalue weighted by Gasteiger charge is 2.18. The number of rotatable bonds is 4. The Kier molecular flexibility index (Phi) is 5.88. The minimum Gasteiger partial charge on any atom is -0.444 e. The van der Waals surface area contributed by atoms with Crippen LogP contribution >= 0.6 is 11.6 Å². The molecule has 0 atom stereocenters. The lowest BCUT2D eigenvalue weighted by atomic mass is 10.2. The SMILES string of the molecule is Cc1cncc(-n2c(CCNC(=O)OC(C)(C)C)nc3cccc(Cl)c3c2=O)c1. The molecule has 0 unspecified atom stereocenters. The van der Waals surface area contributed by atoms with Gasteiger partial charge in [-0.05, 0) is 51.5 Å². The number of halogens is 1. The van der Waals surface area contributed by atoms with Gasteiger partial charge in [0.2, 0.25) is 0 Å². The lowest BCUT2D eigenvalue weighted by molar-refractivity contribution is 0.0528. The van der Waals surface area contributed by atoms with Crippen LogP contribution < -0.4 is 10.9 Å². The van der Waals surface area contributed by atoms with E-state index >= 15 is 0 Å². The van der Waals surface area contributed by atoms with Crippen molar-refractivity contribution in [1.82, 2.24) is 19.9 Å². The van der Waals surface area contributed by atoms with Crippen LogP contribution in [0.15, 0.2) is 41.5 Å². The van der Waals surface area contributed by atoms with Crippen molar-refractivity contribution in [2.75, 3.05) is 6.54 Å². The molecule has 8 heteroatoms. The van der Waals surface area contributed by atoms with Crippen molar-refractivity contribution in [3.05, 3.63) is 63.4 Å². The monoisotopic (exact) mass is 414 g/mol. The summed E-state index contributed by atoms with van der Waals surface area (Å²) in [5.41, 5.74) is 1.15. The lowest BCUT2D eigenvalue weighted by Crippen LogP contribution is -2.34. The Morgan fingerprint density at radius 1 is 1.28 bits per heavy atom. The van der Waals surface area contributed by atoms with Gasteiger partial charge in [-0.15, -0.1) is 0 Å². The van der Waals surface area contributed by atoms with E-state index in [-0.39, 0.29) is 12.1 Å². The van der Waals surface area contributed by atoms with E-state index in [4.69, 9.17) is 16.3 Å². The minimum atomic E-state index is -0.586. The van der Waals surface area contributed by atoms with Crippen molar-refractivity contribution in [3.63, 3.8) is 0 Å². The number of carbonyl (C=O) groups excluding carboxylic acids is 1. The molecule has 1 N–H and O–H groups in total. The maximum Gasteiger partial charge on any atom is 0.407 e. The molecule has 0 radical (unpaired) electrons. The summed E-state index contributed by atoms with van der Waals surface area (Å²) in [6.07, 6.45) is 3.11. The molecule has 3 aromatic rings. The molecule has 0 aliphatic heterocycles. The van der Waals surface area contributed by atoms with Crippen LogP contribution in [-0.4, -0.2) is 32.8 Å².